The first kappa shape index (κ1) is 8.56. The van der Waals surface area contributed by atoms with Gasteiger partial charge < -0.3 is 9.52 Å². The van der Waals surface area contributed by atoms with Gasteiger partial charge in [-0.15, -0.1) is 11.6 Å². The van der Waals surface area contributed by atoms with Crippen molar-refractivity contribution in [3.63, 3.8) is 0 Å². The van der Waals surface area contributed by atoms with Crippen molar-refractivity contribution >= 4 is 11.6 Å². The van der Waals surface area contributed by atoms with E-state index in [1.807, 2.05) is 6.92 Å². The van der Waals surface area contributed by atoms with Gasteiger partial charge in [-0.3, -0.25) is 0 Å². The van der Waals surface area contributed by atoms with E-state index in [0.717, 1.165) is 11.5 Å². The second kappa shape index (κ2) is 3.24. The predicted molar refractivity (Wildman–Crippen MR) is 41.7 cm³/mol. The molecule has 0 spiro atoms. The first-order valence-electron chi connectivity index (χ1n) is 3.33. The summed E-state index contributed by atoms with van der Waals surface area (Å²) < 4.78 is 5.12. The fraction of sp³-hybridized carbons (Fsp3) is 0.571. The number of aromatic nitrogens is 1. The Morgan fingerprint density at radius 3 is 2.64 bits per heavy atom. The molecule has 4 heteroatoms. The summed E-state index contributed by atoms with van der Waals surface area (Å²) in [5.74, 6) is 1.14. The maximum absolute atomic E-state index is 9.18. The number of nitrogens with zero attached hydrogens (tertiary/aromatic N) is 1. The van der Waals surface area contributed by atoms with Crippen LogP contribution in [0.1, 0.15) is 23.4 Å². The first-order valence-corrected chi connectivity index (χ1v) is 3.86. The lowest BCUT2D eigenvalue weighted by atomic mass is 10.4. The topological polar surface area (TPSA) is 46.3 Å². The Morgan fingerprint density at radius 2 is 2.27 bits per heavy atom. The van der Waals surface area contributed by atoms with Crippen LogP contribution in [0.5, 0.6) is 0 Å². The minimum absolute atomic E-state index is 0.111. The monoisotopic (exact) mass is 175 g/mol. The van der Waals surface area contributed by atoms with Crippen LogP contribution < -0.4 is 0 Å². The predicted octanol–water partition coefficient (Wildman–Crippen LogP) is 1.56. The highest BCUT2D eigenvalue weighted by atomic mass is 35.5. The van der Waals surface area contributed by atoms with E-state index in [-0.39, 0.29) is 5.88 Å². The van der Waals surface area contributed by atoms with Crippen LogP contribution in [0.15, 0.2) is 4.42 Å². The van der Waals surface area contributed by atoms with E-state index in [2.05, 4.69) is 4.98 Å². The van der Waals surface area contributed by atoms with Crippen molar-refractivity contribution < 1.29 is 9.52 Å². The summed E-state index contributed by atoms with van der Waals surface area (Å²) in [4.78, 5) is 3.98. The van der Waals surface area contributed by atoms with Crippen molar-refractivity contribution in [1.29, 1.82) is 0 Å². The zero-order chi connectivity index (χ0) is 8.43. The molecule has 1 N–H and O–H groups in total. The van der Waals surface area contributed by atoms with Crippen molar-refractivity contribution in [2.24, 2.45) is 0 Å². The minimum atomic E-state index is -0.788. The summed E-state index contributed by atoms with van der Waals surface area (Å²) in [6, 6.07) is 0. The molecule has 0 fully saturated rings. The molecule has 11 heavy (non-hydrogen) atoms. The highest BCUT2D eigenvalue weighted by Crippen LogP contribution is 2.16. The van der Waals surface area contributed by atoms with E-state index in [1.165, 1.54) is 0 Å². The Hall–Kier alpha value is -0.540. The number of alkyl halides is 1. The van der Waals surface area contributed by atoms with Gasteiger partial charge >= 0.3 is 0 Å². The second-order valence-electron chi connectivity index (χ2n) is 2.36. The van der Waals surface area contributed by atoms with Gasteiger partial charge in [0.05, 0.1) is 11.6 Å². The van der Waals surface area contributed by atoms with Gasteiger partial charge in [0, 0.05) is 0 Å². The lowest BCUT2D eigenvalue weighted by Crippen LogP contribution is -1.98. The number of aliphatic hydroxyl groups is 1. The van der Waals surface area contributed by atoms with E-state index in [1.54, 1.807) is 6.92 Å². The van der Waals surface area contributed by atoms with Crippen molar-refractivity contribution in [3.05, 3.63) is 17.3 Å². The lowest BCUT2D eigenvalue weighted by Gasteiger charge is -1.98. The quantitative estimate of drug-likeness (QED) is 0.694. The summed E-state index contributed by atoms with van der Waals surface area (Å²) in [6.07, 6.45) is -0.788. The number of hydrogen-bond donors (Lipinski definition) is 1. The molecule has 0 saturated heterocycles. The van der Waals surface area contributed by atoms with Crippen LogP contribution in [0, 0.1) is 13.8 Å². The third kappa shape index (κ3) is 1.73. The fourth-order valence-corrected chi connectivity index (χ4v) is 0.838. The number of oxazole rings is 1. The van der Waals surface area contributed by atoms with Crippen molar-refractivity contribution in [3.8, 4) is 0 Å². The lowest BCUT2D eigenvalue weighted by molar-refractivity contribution is 0.164. The van der Waals surface area contributed by atoms with Crippen LogP contribution in [-0.2, 0) is 0 Å². The maximum atomic E-state index is 9.18. The number of halogens is 1. The van der Waals surface area contributed by atoms with Crippen molar-refractivity contribution in [1.82, 2.24) is 4.98 Å². The van der Waals surface area contributed by atoms with Gasteiger partial charge in [-0.05, 0) is 13.8 Å². The van der Waals surface area contributed by atoms with Gasteiger partial charge in [0.2, 0.25) is 5.89 Å². The zero-order valence-corrected chi connectivity index (χ0v) is 7.22. The summed E-state index contributed by atoms with van der Waals surface area (Å²) in [6.45, 7) is 3.62. The van der Waals surface area contributed by atoms with Gasteiger partial charge in [0.25, 0.3) is 0 Å². The molecule has 0 aromatic carbocycles. The average molecular weight is 176 g/mol. The highest BCUT2D eigenvalue weighted by molar-refractivity contribution is 6.18. The molecular formula is C7H10ClNO2. The summed E-state index contributed by atoms with van der Waals surface area (Å²) >= 11 is 5.40. The molecule has 62 valence electrons. The Morgan fingerprint density at radius 1 is 1.64 bits per heavy atom. The molecule has 1 unspecified atom stereocenters. The van der Waals surface area contributed by atoms with Gasteiger partial charge in [0.15, 0.2) is 0 Å². The molecule has 0 aliphatic rings. The SMILES string of the molecule is Cc1nc(C(O)CCl)oc1C. The summed E-state index contributed by atoms with van der Waals surface area (Å²) in [5.41, 5.74) is 0.796. The molecule has 0 radical (unpaired) electrons. The number of rotatable bonds is 2. The van der Waals surface area contributed by atoms with Crippen LogP contribution >= 0.6 is 11.6 Å². The molecule has 0 aliphatic carbocycles. The zero-order valence-electron chi connectivity index (χ0n) is 6.47. The van der Waals surface area contributed by atoms with E-state index in [4.69, 9.17) is 16.0 Å². The van der Waals surface area contributed by atoms with Crippen LogP contribution in [0.3, 0.4) is 0 Å². The fourth-order valence-electron chi connectivity index (χ4n) is 0.706. The number of hydrogen-bond acceptors (Lipinski definition) is 3. The molecule has 1 rings (SSSR count). The van der Waals surface area contributed by atoms with Crippen LogP contribution in [0.4, 0.5) is 0 Å². The standard InChI is InChI=1S/C7H10ClNO2/c1-4-5(2)11-7(9-4)6(10)3-8/h6,10H,3H2,1-2H3. The molecule has 3 nitrogen and oxygen atoms in total. The molecule has 0 saturated carbocycles. The van der Waals surface area contributed by atoms with E-state index < -0.39 is 6.10 Å². The molecule has 1 atom stereocenters. The Kier molecular flexibility index (Phi) is 2.52. The van der Waals surface area contributed by atoms with Gasteiger partial charge in [-0.1, -0.05) is 0 Å². The first-order chi connectivity index (χ1) is 5.15. The van der Waals surface area contributed by atoms with Gasteiger partial charge in [-0.25, -0.2) is 4.98 Å². The third-order valence-corrected chi connectivity index (χ3v) is 1.77. The van der Waals surface area contributed by atoms with Crippen LogP contribution in [-0.4, -0.2) is 16.0 Å². The largest absolute Gasteiger partial charge is 0.443 e. The molecule has 0 aliphatic heterocycles. The smallest absolute Gasteiger partial charge is 0.224 e. The van der Waals surface area contributed by atoms with Gasteiger partial charge in [-0.2, -0.15) is 0 Å². The summed E-state index contributed by atoms with van der Waals surface area (Å²) in [7, 11) is 0. The average Bonchev–Trinajstić information content (AvgIpc) is 2.31. The Bertz CT molecular complexity index is 227. The second-order valence-corrected chi connectivity index (χ2v) is 2.67. The number of aliphatic hydroxyl groups excluding tert-OH is 1. The van der Waals surface area contributed by atoms with E-state index in [0.29, 0.717) is 5.89 Å². The van der Waals surface area contributed by atoms with Gasteiger partial charge in [0.1, 0.15) is 11.9 Å². The van der Waals surface area contributed by atoms with Crippen LogP contribution in [0.2, 0.25) is 0 Å². The minimum Gasteiger partial charge on any atom is -0.443 e. The Labute approximate surface area is 70.0 Å². The maximum Gasteiger partial charge on any atom is 0.224 e. The van der Waals surface area contributed by atoms with Crippen molar-refractivity contribution in [2.75, 3.05) is 5.88 Å². The molecule has 0 bridgehead atoms. The molecule has 0 amide bonds. The number of aryl methyl sites for hydroxylation is 2. The molecule has 1 heterocycles. The Balaban J connectivity index is 2.88. The van der Waals surface area contributed by atoms with Crippen molar-refractivity contribution in [2.45, 2.75) is 20.0 Å². The molecule has 1 aromatic heterocycles. The third-order valence-electron chi connectivity index (χ3n) is 1.48. The molecule has 1 aromatic rings. The molecular weight excluding hydrogens is 166 g/mol. The van der Waals surface area contributed by atoms with Crippen LogP contribution in [0.25, 0.3) is 0 Å². The highest BCUT2D eigenvalue weighted by Gasteiger charge is 2.13. The van der Waals surface area contributed by atoms with E-state index >= 15 is 0 Å². The normalized spacial score (nSPS) is 13.5. The van der Waals surface area contributed by atoms with E-state index in [9.17, 15) is 5.11 Å². The summed E-state index contributed by atoms with van der Waals surface area (Å²) in [5, 5.41) is 9.18.